The third kappa shape index (κ3) is 4.65. The number of urea groups is 1. The van der Waals surface area contributed by atoms with Gasteiger partial charge in [0, 0.05) is 12.1 Å². The molecule has 128 valence electrons. The number of carbonyl (C=O) groups is 1. The van der Waals surface area contributed by atoms with E-state index in [4.69, 9.17) is 4.74 Å². The maximum atomic E-state index is 12.9. The molecule has 2 N–H and O–H groups in total. The van der Waals surface area contributed by atoms with Crippen molar-refractivity contribution in [2.45, 2.75) is 19.6 Å². The Bertz CT molecular complexity index is 702. The molecule has 0 aromatic heterocycles. The average Bonchev–Trinajstić information content (AvgIpc) is 2.54. The van der Waals surface area contributed by atoms with Crippen LogP contribution in [-0.4, -0.2) is 12.6 Å². The predicted molar refractivity (Wildman–Crippen MR) is 84.9 cm³/mol. The molecule has 4 nitrogen and oxygen atoms in total. The summed E-state index contributed by atoms with van der Waals surface area (Å²) in [6.07, 6.45) is -4.54. The summed E-state index contributed by atoms with van der Waals surface area (Å²) in [7, 11) is 0. The summed E-state index contributed by atoms with van der Waals surface area (Å²) >= 11 is 0. The highest BCUT2D eigenvalue weighted by atomic mass is 19.4. The number of nitrogens with one attached hydrogen (secondary N) is 2. The number of alkyl halides is 3. The normalized spacial score (nSPS) is 11.0. The molecule has 2 aromatic carbocycles. The van der Waals surface area contributed by atoms with Crippen molar-refractivity contribution in [1.82, 2.24) is 5.32 Å². The molecule has 0 spiro atoms. The van der Waals surface area contributed by atoms with E-state index in [0.29, 0.717) is 12.4 Å². The van der Waals surface area contributed by atoms with E-state index in [1.165, 1.54) is 18.2 Å². The number of ether oxygens (including phenoxy) is 1. The van der Waals surface area contributed by atoms with Crippen molar-refractivity contribution >= 4 is 11.7 Å². The van der Waals surface area contributed by atoms with Gasteiger partial charge in [-0.1, -0.05) is 30.3 Å². The number of halogens is 3. The molecular weight excluding hydrogens is 321 g/mol. The van der Waals surface area contributed by atoms with Crippen LogP contribution >= 0.6 is 0 Å². The van der Waals surface area contributed by atoms with Crippen molar-refractivity contribution in [1.29, 1.82) is 0 Å². The first-order valence-corrected chi connectivity index (χ1v) is 7.33. The Morgan fingerprint density at radius 1 is 1.08 bits per heavy atom. The van der Waals surface area contributed by atoms with Crippen LogP contribution in [0.25, 0.3) is 0 Å². The molecule has 2 rings (SSSR count). The quantitative estimate of drug-likeness (QED) is 0.847. The van der Waals surface area contributed by atoms with Gasteiger partial charge in [-0.05, 0) is 25.1 Å². The number of benzene rings is 2. The van der Waals surface area contributed by atoms with E-state index < -0.39 is 17.8 Å². The van der Waals surface area contributed by atoms with E-state index in [-0.39, 0.29) is 12.2 Å². The predicted octanol–water partition coefficient (Wildman–Crippen LogP) is 4.43. The van der Waals surface area contributed by atoms with Crippen LogP contribution in [0.4, 0.5) is 23.7 Å². The van der Waals surface area contributed by atoms with E-state index in [1.807, 2.05) is 6.92 Å². The van der Waals surface area contributed by atoms with Crippen LogP contribution < -0.4 is 15.4 Å². The molecule has 0 aliphatic heterocycles. The molecular formula is C17H17F3N2O2. The summed E-state index contributed by atoms with van der Waals surface area (Å²) in [4.78, 5) is 11.9. The number of amides is 2. The van der Waals surface area contributed by atoms with Crippen molar-refractivity contribution in [2.24, 2.45) is 0 Å². The Kier molecular flexibility index (Phi) is 5.68. The average molecular weight is 338 g/mol. The zero-order valence-electron chi connectivity index (χ0n) is 13.0. The Morgan fingerprint density at radius 3 is 2.46 bits per heavy atom. The Hall–Kier alpha value is -2.70. The van der Waals surface area contributed by atoms with Crippen molar-refractivity contribution in [3.8, 4) is 5.75 Å². The summed E-state index contributed by atoms with van der Waals surface area (Å²) in [6, 6.07) is 11.2. The van der Waals surface area contributed by atoms with Crippen LogP contribution in [0.1, 0.15) is 18.1 Å². The zero-order valence-corrected chi connectivity index (χ0v) is 13.0. The summed E-state index contributed by atoms with van der Waals surface area (Å²) in [6.45, 7) is 2.45. The maximum Gasteiger partial charge on any atom is 0.418 e. The van der Waals surface area contributed by atoms with Crippen LogP contribution in [-0.2, 0) is 12.7 Å². The number of anilines is 1. The largest absolute Gasteiger partial charge is 0.494 e. The highest BCUT2D eigenvalue weighted by Crippen LogP contribution is 2.34. The molecule has 0 saturated carbocycles. The molecule has 2 aromatic rings. The third-order valence-corrected chi connectivity index (χ3v) is 3.19. The summed E-state index contributed by atoms with van der Waals surface area (Å²) in [5.41, 5.74) is -0.450. The van der Waals surface area contributed by atoms with E-state index >= 15 is 0 Å². The fourth-order valence-corrected chi connectivity index (χ4v) is 2.13. The lowest BCUT2D eigenvalue weighted by Gasteiger charge is -2.15. The van der Waals surface area contributed by atoms with Crippen LogP contribution in [0, 0.1) is 0 Å². The molecule has 0 aliphatic carbocycles. The second-order valence-electron chi connectivity index (χ2n) is 4.89. The molecule has 0 heterocycles. The molecule has 0 saturated heterocycles. The van der Waals surface area contributed by atoms with E-state index in [1.54, 1.807) is 24.3 Å². The zero-order chi connectivity index (χ0) is 17.6. The van der Waals surface area contributed by atoms with Crippen LogP contribution in [0.15, 0.2) is 48.5 Å². The summed E-state index contributed by atoms with van der Waals surface area (Å²) in [5.74, 6) is 0.621. The van der Waals surface area contributed by atoms with Gasteiger partial charge in [0.25, 0.3) is 0 Å². The van der Waals surface area contributed by atoms with Crippen molar-refractivity contribution in [3.05, 3.63) is 59.7 Å². The monoisotopic (exact) mass is 338 g/mol. The number of hydrogen-bond acceptors (Lipinski definition) is 2. The van der Waals surface area contributed by atoms with Gasteiger partial charge in [0.1, 0.15) is 5.75 Å². The fraction of sp³-hybridized carbons (Fsp3) is 0.235. The SMILES string of the molecule is CCOc1ccccc1CNC(=O)Nc1ccccc1C(F)(F)F. The third-order valence-electron chi connectivity index (χ3n) is 3.19. The van der Waals surface area contributed by atoms with Crippen LogP contribution in [0.2, 0.25) is 0 Å². The molecule has 0 radical (unpaired) electrons. The molecule has 0 unspecified atom stereocenters. The highest BCUT2D eigenvalue weighted by molar-refractivity contribution is 5.90. The summed E-state index contributed by atoms with van der Waals surface area (Å²) in [5, 5.41) is 4.76. The fourth-order valence-electron chi connectivity index (χ4n) is 2.13. The van der Waals surface area contributed by atoms with Crippen LogP contribution in [0.5, 0.6) is 5.75 Å². The van der Waals surface area contributed by atoms with Gasteiger partial charge in [0.15, 0.2) is 0 Å². The Morgan fingerprint density at radius 2 is 1.75 bits per heavy atom. The van der Waals surface area contributed by atoms with Gasteiger partial charge in [-0.3, -0.25) is 0 Å². The number of hydrogen-bond donors (Lipinski definition) is 2. The molecule has 0 atom stereocenters. The van der Waals surface area contributed by atoms with Gasteiger partial charge < -0.3 is 15.4 Å². The minimum absolute atomic E-state index is 0.135. The van der Waals surface area contributed by atoms with Gasteiger partial charge >= 0.3 is 12.2 Å². The molecule has 7 heteroatoms. The number of rotatable bonds is 5. The van der Waals surface area contributed by atoms with Gasteiger partial charge in [-0.25, -0.2) is 4.79 Å². The van der Waals surface area contributed by atoms with Gasteiger partial charge in [-0.2, -0.15) is 13.2 Å². The van der Waals surface area contributed by atoms with Crippen molar-refractivity contribution in [2.75, 3.05) is 11.9 Å². The Balaban J connectivity index is 2.03. The number of carbonyl (C=O) groups excluding carboxylic acids is 1. The first-order valence-electron chi connectivity index (χ1n) is 7.33. The lowest BCUT2D eigenvalue weighted by Crippen LogP contribution is -2.29. The second kappa shape index (κ2) is 7.72. The molecule has 24 heavy (non-hydrogen) atoms. The van der Waals surface area contributed by atoms with Gasteiger partial charge in [0.2, 0.25) is 0 Å². The molecule has 0 aliphatic rings. The minimum Gasteiger partial charge on any atom is -0.494 e. The minimum atomic E-state index is -4.54. The first kappa shape index (κ1) is 17.7. The van der Waals surface area contributed by atoms with E-state index in [9.17, 15) is 18.0 Å². The lowest BCUT2D eigenvalue weighted by atomic mass is 10.1. The standard InChI is InChI=1S/C17H17F3N2O2/c1-2-24-15-10-6-3-7-12(15)11-21-16(23)22-14-9-5-4-8-13(14)17(18,19)20/h3-10H,2,11H2,1H3,(H2,21,22,23). The van der Waals surface area contributed by atoms with Crippen molar-refractivity contribution in [3.63, 3.8) is 0 Å². The lowest BCUT2D eigenvalue weighted by molar-refractivity contribution is -0.136. The smallest absolute Gasteiger partial charge is 0.418 e. The van der Waals surface area contributed by atoms with Gasteiger partial charge in [0.05, 0.1) is 17.9 Å². The first-order chi connectivity index (χ1) is 11.4. The maximum absolute atomic E-state index is 12.9. The molecule has 2 amide bonds. The van der Waals surface area contributed by atoms with E-state index in [2.05, 4.69) is 10.6 Å². The topological polar surface area (TPSA) is 50.4 Å². The molecule has 0 bridgehead atoms. The Labute approximate surface area is 137 Å². The van der Waals surface area contributed by atoms with Crippen molar-refractivity contribution < 1.29 is 22.7 Å². The molecule has 0 fully saturated rings. The van der Waals surface area contributed by atoms with Crippen LogP contribution in [0.3, 0.4) is 0 Å². The summed E-state index contributed by atoms with van der Waals surface area (Å²) < 4.78 is 44.1. The second-order valence-corrected chi connectivity index (χ2v) is 4.89. The van der Waals surface area contributed by atoms with Gasteiger partial charge in [-0.15, -0.1) is 0 Å². The highest BCUT2D eigenvalue weighted by Gasteiger charge is 2.33. The number of para-hydroxylation sites is 2. The van der Waals surface area contributed by atoms with E-state index in [0.717, 1.165) is 11.6 Å².